The Morgan fingerprint density at radius 2 is 2.18 bits per heavy atom. The van der Waals surface area contributed by atoms with E-state index >= 15 is 0 Å². The van der Waals surface area contributed by atoms with Crippen LogP contribution in [0.1, 0.15) is 17.3 Å². The fourth-order valence-electron chi connectivity index (χ4n) is 1.36. The SMILES string of the molecule is CCN(CC(N)=O)c1cc(C(=O)O)c(N)cn1. The number of primary amides is 1. The first-order valence-corrected chi connectivity index (χ1v) is 4.97. The number of nitrogens with two attached hydrogens (primary N) is 2. The minimum Gasteiger partial charge on any atom is -0.478 e. The van der Waals surface area contributed by atoms with Crippen LogP contribution in [0.3, 0.4) is 0 Å². The molecule has 1 aromatic heterocycles. The zero-order valence-electron chi connectivity index (χ0n) is 9.38. The molecule has 0 saturated carbocycles. The number of carboxylic acids is 1. The Kier molecular flexibility index (Phi) is 3.86. The summed E-state index contributed by atoms with van der Waals surface area (Å²) in [5, 5.41) is 8.91. The van der Waals surface area contributed by atoms with Gasteiger partial charge in [0.1, 0.15) is 5.82 Å². The first-order valence-electron chi connectivity index (χ1n) is 4.97. The number of anilines is 2. The molecule has 17 heavy (non-hydrogen) atoms. The lowest BCUT2D eigenvalue weighted by Crippen LogP contribution is -2.34. The van der Waals surface area contributed by atoms with Gasteiger partial charge in [0.25, 0.3) is 0 Å². The molecule has 1 aromatic rings. The van der Waals surface area contributed by atoms with Crippen molar-refractivity contribution in [2.45, 2.75) is 6.92 Å². The Morgan fingerprint density at radius 3 is 2.65 bits per heavy atom. The van der Waals surface area contributed by atoms with E-state index in [9.17, 15) is 9.59 Å². The second kappa shape index (κ2) is 5.15. The molecule has 0 aliphatic heterocycles. The quantitative estimate of drug-likeness (QED) is 0.645. The maximum absolute atomic E-state index is 10.9. The van der Waals surface area contributed by atoms with Crippen molar-refractivity contribution in [3.05, 3.63) is 17.8 Å². The lowest BCUT2D eigenvalue weighted by Gasteiger charge is -2.20. The number of nitrogens with zero attached hydrogens (tertiary/aromatic N) is 2. The predicted octanol–water partition coefficient (Wildman–Crippen LogP) is -0.326. The molecule has 0 bridgehead atoms. The molecule has 7 heteroatoms. The number of aromatic carboxylic acids is 1. The number of nitrogen functional groups attached to an aromatic ring is 1. The number of hydrogen-bond donors (Lipinski definition) is 3. The molecule has 0 aromatic carbocycles. The molecule has 0 aliphatic carbocycles. The molecule has 0 unspecified atom stereocenters. The molecule has 0 spiro atoms. The largest absolute Gasteiger partial charge is 0.478 e. The van der Waals surface area contributed by atoms with Crippen molar-refractivity contribution in [1.29, 1.82) is 0 Å². The third-order valence-electron chi connectivity index (χ3n) is 2.20. The number of carbonyl (C=O) groups is 2. The number of pyridine rings is 1. The summed E-state index contributed by atoms with van der Waals surface area (Å²) in [6, 6.07) is 1.32. The van der Waals surface area contributed by atoms with Crippen LogP contribution in [0.2, 0.25) is 0 Å². The topological polar surface area (TPSA) is 123 Å². The molecule has 1 rings (SSSR count). The van der Waals surface area contributed by atoms with Crippen LogP contribution in [-0.2, 0) is 4.79 Å². The molecular formula is C10H14N4O3. The Hall–Kier alpha value is -2.31. The van der Waals surface area contributed by atoms with Crippen LogP contribution in [-0.4, -0.2) is 35.1 Å². The van der Waals surface area contributed by atoms with Gasteiger partial charge in [-0.3, -0.25) is 4.79 Å². The van der Waals surface area contributed by atoms with Gasteiger partial charge in [0.15, 0.2) is 0 Å². The van der Waals surface area contributed by atoms with E-state index in [4.69, 9.17) is 16.6 Å². The summed E-state index contributed by atoms with van der Waals surface area (Å²) in [7, 11) is 0. The number of aromatic nitrogens is 1. The van der Waals surface area contributed by atoms with Crippen molar-refractivity contribution in [2.24, 2.45) is 5.73 Å². The summed E-state index contributed by atoms with van der Waals surface area (Å²) >= 11 is 0. The maximum Gasteiger partial charge on any atom is 0.337 e. The monoisotopic (exact) mass is 238 g/mol. The van der Waals surface area contributed by atoms with Gasteiger partial charge in [-0.15, -0.1) is 0 Å². The highest BCUT2D eigenvalue weighted by atomic mass is 16.4. The number of amides is 1. The molecule has 0 atom stereocenters. The number of likely N-dealkylation sites (N-methyl/N-ethyl adjacent to an activating group) is 1. The van der Waals surface area contributed by atoms with Crippen molar-refractivity contribution in [3.63, 3.8) is 0 Å². The van der Waals surface area contributed by atoms with Gasteiger partial charge in [-0.05, 0) is 13.0 Å². The third-order valence-corrected chi connectivity index (χ3v) is 2.20. The maximum atomic E-state index is 10.9. The highest BCUT2D eigenvalue weighted by molar-refractivity contribution is 5.94. The second-order valence-corrected chi connectivity index (χ2v) is 3.42. The van der Waals surface area contributed by atoms with E-state index in [-0.39, 0.29) is 17.8 Å². The van der Waals surface area contributed by atoms with Crippen LogP contribution in [0.25, 0.3) is 0 Å². The highest BCUT2D eigenvalue weighted by Gasteiger charge is 2.14. The van der Waals surface area contributed by atoms with Gasteiger partial charge in [-0.1, -0.05) is 0 Å². The van der Waals surface area contributed by atoms with E-state index < -0.39 is 11.9 Å². The fourth-order valence-corrected chi connectivity index (χ4v) is 1.36. The van der Waals surface area contributed by atoms with Crippen LogP contribution in [0.15, 0.2) is 12.3 Å². The molecule has 0 saturated heterocycles. The zero-order valence-corrected chi connectivity index (χ0v) is 9.38. The summed E-state index contributed by atoms with van der Waals surface area (Å²) < 4.78 is 0. The molecule has 0 aliphatic rings. The Balaban J connectivity index is 3.08. The fraction of sp³-hybridized carbons (Fsp3) is 0.300. The minimum absolute atomic E-state index is 0.0214. The summed E-state index contributed by atoms with van der Waals surface area (Å²) in [6.45, 7) is 2.27. The summed E-state index contributed by atoms with van der Waals surface area (Å²) in [5.41, 5.74) is 10.6. The van der Waals surface area contributed by atoms with Gasteiger partial charge in [0, 0.05) is 6.54 Å². The molecule has 0 radical (unpaired) electrons. The minimum atomic E-state index is -1.14. The lowest BCUT2D eigenvalue weighted by atomic mass is 10.2. The van der Waals surface area contributed by atoms with Gasteiger partial charge < -0.3 is 21.5 Å². The number of hydrogen-bond acceptors (Lipinski definition) is 5. The average Bonchev–Trinajstić information content (AvgIpc) is 2.26. The number of carbonyl (C=O) groups excluding carboxylic acids is 1. The molecule has 7 nitrogen and oxygen atoms in total. The number of rotatable bonds is 5. The summed E-state index contributed by atoms with van der Waals surface area (Å²) in [4.78, 5) is 27.3. The molecule has 92 valence electrons. The first-order chi connectivity index (χ1) is 7.95. The van der Waals surface area contributed by atoms with Crippen LogP contribution >= 0.6 is 0 Å². The van der Waals surface area contributed by atoms with Crippen LogP contribution in [0, 0.1) is 0 Å². The van der Waals surface area contributed by atoms with E-state index in [1.54, 1.807) is 11.8 Å². The van der Waals surface area contributed by atoms with Crippen molar-refractivity contribution in [1.82, 2.24) is 4.98 Å². The van der Waals surface area contributed by atoms with Gasteiger partial charge in [-0.2, -0.15) is 0 Å². The Morgan fingerprint density at radius 1 is 1.53 bits per heavy atom. The molecule has 0 fully saturated rings. The normalized spacial score (nSPS) is 9.94. The van der Waals surface area contributed by atoms with E-state index in [1.165, 1.54) is 12.3 Å². The van der Waals surface area contributed by atoms with Gasteiger partial charge >= 0.3 is 5.97 Å². The predicted molar refractivity (Wildman–Crippen MR) is 62.7 cm³/mol. The van der Waals surface area contributed by atoms with Crippen molar-refractivity contribution >= 4 is 23.4 Å². The van der Waals surface area contributed by atoms with Gasteiger partial charge in [0.05, 0.1) is 24.0 Å². The van der Waals surface area contributed by atoms with Crippen LogP contribution < -0.4 is 16.4 Å². The summed E-state index contributed by atoms with van der Waals surface area (Å²) in [5.74, 6) is -1.29. The smallest absolute Gasteiger partial charge is 0.337 e. The third kappa shape index (κ3) is 3.07. The Bertz CT molecular complexity index is 447. The standard InChI is InChI=1S/C10H14N4O3/c1-2-14(5-8(12)15)9-3-6(10(16)17)7(11)4-13-9/h3-4H,2,5,11H2,1H3,(H2,12,15)(H,16,17). The molecule has 1 heterocycles. The van der Waals surface area contributed by atoms with Crippen LogP contribution in [0.4, 0.5) is 11.5 Å². The number of carboxylic acid groups (broad SMARTS) is 1. The van der Waals surface area contributed by atoms with E-state index in [2.05, 4.69) is 4.98 Å². The average molecular weight is 238 g/mol. The highest BCUT2D eigenvalue weighted by Crippen LogP contribution is 2.17. The van der Waals surface area contributed by atoms with E-state index in [0.717, 1.165) is 0 Å². The molecule has 1 amide bonds. The molecule has 5 N–H and O–H groups in total. The molecular weight excluding hydrogens is 224 g/mol. The van der Waals surface area contributed by atoms with Gasteiger partial charge in [-0.25, -0.2) is 9.78 Å². The van der Waals surface area contributed by atoms with E-state index in [1.807, 2.05) is 0 Å². The van der Waals surface area contributed by atoms with Crippen molar-refractivity contribution < 1.29 is 14.7 Å². The lowest BCUT2D eigenvalue weighted by molar-refractivity contribution is -0.116. The van der Waals surface area contributed by atoms with Crippen molar-refractivity contribution in [2.75, 3.05) is 23.7 Å². The second-order valence-electron chi connectivity index (χ2n) is 3.42. The van der Waals surface area contributed by atoms with Crippen LogP contribution in [0.5, 0.6) is 0 Å². The van der Waals surface area contributed by atoms with Gasteiger partial charge in [0.2, 0.25) is 5.91 Å². The zero-order chi connectivity index (χ0) is 13.0. The van der Waals surface area contributed by atoms with Crippen molar-refractivity contribution in [3.8, 4) is 0 Å². The Labute approximate surface area is 98.0 Å². The van der Waals surface area contributed by atoms with E-state index in [0.29, 0.717) is 12.4 Å². The summed E-state index contributed by atoms with van der Waals surface area (Å²) in [6.07, 6.45) is 1.25. The first kappa shape index (κ1) is 12.8.